The smallest absolute Gasteiger partial charge is 0.229 e. The van der Waals surface area contributed by atoms with Crippen LogP contribution < -0.4 is 10.6 Å². The molecule has 154 valence electrons. The summed E-state index contributed by atoms with van der Waals surface area (Å²) in [6, 6.07) is 14.2. The molecule has 5 heteroatoms. The van der Waals surface area contributed by atoms with Gasteiger partial charge in [0.15, 0.2) is 5.78 Å². The van der Waals surface area contributed by atoms with Gasteiger partial charge in [0.2, 0.25) is 5.95 Å². The lowest BCUT2D eigenvalue weighted by molar-refractivity contribution is 0.0911. The van der Waals surface area contributed by atoms with E-state index in [2.05, 4.69) is 57.4 Å². The maximum atomic E-state index is 13.0. The van der Waals surface area contributed by atoms with Crippen molar-refractivity contribution in [1.82, 2.24) is 9.97 Å². The van der Waals surface area contributed by atoms with Gasteiger partial charge in [0.05, 0.1) is 11.3 Å². The first-order valence-corrected chi connectivity index (χ1v) is 10.3. The SMILES string of the molecule is Cc1ccc(Nc2nc3c(c(Nc4c(C)cccc4C)n2)C(=O)CC(C)(C)C3)cc1. The zero-order chi connectivity index (χ0) is 21.5. The third-order valence-corrected chi connectivity index (χ3v) is 5.58. The Balaban J connectivity index is 1.80. The fourth-order valence-electron chi connectivity index (χ4n) is 4.01. The Kier molecular flexibility index (Phi) is 5.06. The number of para-hydroxylation sites is 1. The highest BCUT2D eigenvalue weighted by atomic mass is 16.1. The molecule has 0 atom stereocenters. The third-order valence-electron chi connectivity index (χ3n) is 5.58. The van der Waals surface area contributed by atoms with Gasteiger partial charge in [-0.1, -0.05) is 49.7 Å². The number of hydrogen-bond donors (Lipinski definition) is 2. The maximum Gasteiger partial charge on any atom is 0.229 e. The van der Waals surface area contributed by atoms with E-state index in [9.17, 15) is 4.79 Å². The van der Waals surface area contributed by atoms with Gasteiger partial charge >= 0.3 is 0 Å². The minimum Gasteiger partial charge on any atom is -0.339 e. The number of aromatic nitrogens is 2. The number of nitrogens with zero attached hydrogens (tertiary/aromatic N) is 2. The Morgan fingerprint density at radius 1 is 0.867 bits per heavy atom. The number of ketones is 1. The average Bonchev–Trinajstić information content (AvgIpc) is 2.65. The first-order valence-electron chi connectivity index (χ1n) is 10.3. The predicted octanol–water partition coefficient (Wildman–Crippen LogP) is 6.04. The molecule has 1 aromatic heterocycles. The molecule has 0 aliphatic heterocycles. The van der Waals surface area contributed by atoms with Crippen LogP contribution in [-0.4, -0.2) is 15.8 Å². The van der Waals surface area contributed by atoms with E-state index < -0.39 is 0 Å². The van der Waals surface area contributed by atoms with Crippen LogP contribution in [-0.2, 0) is 6.42 Å². The first kappa shape index (κ1) is 20.1. The van der Waals surface area contributed by atoms with Crippen molar-refractivity contribution in [2.24, 2.45) is 5.41 Å². The predicted molar refractivity (Wildman–Crippen MR) is 122 cm³/mol. The standard InChI is InChI=1S/C25H28N4O/c1-15-9-11-18(12-10-15)26-24-27-19-13-25(4,5)14-20(30)21(19)23(29-24)28-22-16(2)7-6-8-17(22)3/h6-12H,13-14H2,1-5H3,(H2,26,27,28,29). The number of anilines is 4. The molecule has 0 saturated carbocycles. The van der Waals surface area contributed by atoms with Gasteiger partial charge in [-0.3, -0.25) is 4.79 Å². The van der Waals surface area contributed by atoms with E-state index >= 15 is 0 Å². The molecular formula is C25H28N4O. The lowest BCUT2D eigenvalue weighted by atomic mass is 9.75. The van der Waals surface area contributed by atoms with Gasteiger partial charge in [0.1, 0.15) is 5.82 Å². The molecule has 30 heavy (non-hydrogen) atoms. The van der Waals surface area contributed by atoms with Crippen molar-refractivity contribution in [2.45, 2.75) is 47.5 Å². The van der Waals surface area contributed by atoms with Gasteiger partial charge in [-0.15, -0.1) is 0 Å². The summed E-state index contributed by atoms with van der Waals surface area (Å²) < 4.78 is 0. The Morgan fingerprint density at radius 3 is 2.20 bits per heavy atom. The van der Waals surface area contributed by atoms with E-state index in [0.717, 1.165) is 34.6 Å². The van der Waals surface area contributed by atoms with Crippen LogP contribution in [0.3, 0.4) is 0 Å². The van der Waals surface area contributed by atoms with Gasteiger partial charge in [0.25, 0.3) is 0 Å². The van der Waals surface area contributed by atoms with Crippen LogP contribution >= 0.6 is 0 Å². The molecule has 4 rings (SSSR count). The van der Waals surface area contributed by atoms with Crippen LogP contribution in [0.5, 0.6) is 0 Å². The number of benzene rings is 2. The van der Waals surface area contributed by atoms with Crippen LogP contribution in [0, 0.1) is 26.2 Å². The molecule has 2 N–H and O–H groups in total. The summed E-state index contributed by atoms with van der Waals surface area (Å²) in [6.45, 7) is 10.4. The van der Waals surface area contributed by atoms with E-state index in [1.807, 2.05) is 30.3 Å². The summed E-state index contributed by atoms with van der Waals surface area (Å²) >= 11 is 0. The van der Waals surface area contributed by atoms with Crippen LogP contribution in [0.2, 0.25) is 0 Å². The van der Waals surface area contributed by atoms with Gasteiger partial charge in [0, 0.05) is 17.8 Å². The lowest BCUT2D eigenvalue weighted by Gasteiger charge is -2.30. The van der Waals surface area contributed by atoms with Crippen molar-refractivity contribution >= 4 is 28.9 Å². The number of Topliss-reactive ketones (excluding diaryl/α,β-unsaturated/α-hetero) is 1. The maximum absolute atomic E-state index is 13.0. The molecule has 0 spiro atoms. The molecule has 5 nitrogen and oxygen atoms in total. The molecule has 3 aromatic rings. The summed E-state index contributed by atoms with van der Waals surface area (Å²) in [4.78, 5) is 22.5. The number of fused-ring (bicyclic) bond motifs is 1. The van der Waals surface area contributed by atoms with Crippen LogP contribution in [0.25, 0.3) is 0 Å². The van der Waals surface area contributed by atoms with Crippen LogP contribution in [0.1, 0.15) is 53.0 Å². The molecule has 0 fully saturated rings. The van der Waals surface area contributed by atoms with Crippen LogP contribution in [0.15, 0.2) is 42.5 Å². The summed E-state index contributed by atoms with van der Waals surface area (Å²) in [5, 5.41) is 6.76. The average molecular weight is 401 g/mol. The van der Waals surface area contributed by atoms with Gasteiger partial charge in [-0.25, -0.2) is 4.98 Å². The first-order chi connectivity index (χ1) is 14.2. The molecule has 2 aromatic carbocycles. The van der Waals surface area contributed by atoms with Crippen molar-refractivity contribution in [2.75, 3.05) is 10.6 Å². The summed E-state index contributed by atoms with van der Waals surface area (Å²) in [6.07, 6.45) is 1.23. The summed E-state index contributed by atoms with van der Waals surface area (Å²) in [7, 11) is 0. The Labute approximate surface area is 178 Å². The van der Waals surface area contributed by atoms with Crippen molar-refractivity contribution in [1.29, 1.82) is 0 Å². The normalized spacial score (nSPS) is 14.9. The van der Waals surface area contributed by atoms with Gasteiger partial charge < -0.3 is 10.6 Å². The lowest BCUT2D eigenvalue weighted by Crippen LogP contribution is -2.29. The van der Waals surface area contributed by atoms with E-state index in [-0.39, 0.29) is 11.2 Å². The molecule has 0 bridgehead atoms. The quantitative estimate of drug-likeness (QED) is 0.558. The highest BCUT2D eigenvalue weighted by Gasteiger charge is 2.35. The Hall–Kier alpha value is -3.21. The zero-order valence-corrected chi connectivity index (χ0v) is 18.3. The Bertz CT molecular complexity index is 1100. The van der Waals surface area contributed by atoms with E-state index in [0.29, 0.717) is 23.8 Å². The molecule has 1 heterocycles. The minimum absolute atomic E-state index is 0.0943. The largest absolute Gasteiger partial charge is 0.339 e. The van der Waals surface area contributed by atoms with Gasteiger partial charge in [-0.05, 0) is 55.9 Å². The second kappa shape index (κ2) is 7.56. The molecular weight excluding hydrogens is 372 g/mol. The van der Waals surface area contributed by atoms with Crippen molar-refractivity contribution in [3.05, 3.63) is 70.4 Å². The van der Waals surface area contributed by atoms with Crippen molar-refractivity contribution in [3.8, 4) is 0 Å². The number of nitrogens with one attached hydrogen (secondary N) is 2. The monoisotopic (exact) mass is 400 g/mol. The molecule has 0 amide bonds. The fourth-order valence-corrected chi connectivity index (χ4v) is 4.01. The number of carbonyl (C=O) groups excluding carboxylic acids is 1. The van der Waals surface area contributed by atoms with E-state index in [4.69, 9.17) is 9.97 Å². The molecule has 0 radical (unpaired) electrons. The van der Waals surface area contributed by atoms with Crippen molar-refractivity contribution < 1.29 is 4.79 Å². The second-order valence-electron chi connectivity index (χ2n) is 9.04. The van der Waals surface area contributed by atoms with Gasteiger partial charge in [-0.2, -0.15) is 4.98 Å². The molecule has 1 aliphatic carbocycles. The molecule has 0 saturated heterocycles. The summed E-state index contributed by atoms with van der Waals surface area (Å²) in [5.41, 5.74) is 6.61. The number of aryl methyl sites for hydroxylation is 3. The number of rotatable bonds is 4. The fraction of sp³-hybridized carbons (Fsp3) is 0.320. The van der Waals surface area contributed by atoms with Crippen molar-refractivity contribution in [3.63, 3.8) is 0 Å². The van der Waals surface area contributed by atoms with E-state index in [1.54, 1.807) is 0 Å². The zero-order valence-electron chi connectivity index (χ0n) is 18.3. The third kappa shape index (κ3) is 4.06. The molecule has 1 aliphatic rings. The Morgan fingerprint density at radius 2 is 1.53 bits per heavy atom. The number of carbonyl (C=O) groups is 1. The number of hydrogen-bond acceptors (Lipinski definition) is 5. The van der Waals surface area contributed by atoms with Crippen LogP contribution in [0.4, 0.5) is 23.1 Å². The topological polar surface area (TPSA) is 66.9 Å². The molecule has 0 unspecified atom stereocenters. The van der Waals surface area contributed by atoms with E-state index in [1.165, 1.54) is 5.56 Å². The summed E-state index contributed by atoms with van der Waals surface area (Å²) in [5.74, 6) is 1.17. The highest BCUT2D eigenvalue weighted by Crippen LogP contribution is 2.38. The minimum atomic E-state index is -0.116. The highest BCUT2D eigenvalue weighted by molar-refractivity contribution is 6.03. The second-order valence-corrected chi connectivity index (χ2v) is 9.04.